The molecule has 6 heteroatoms. The number of ether oxygens (including phenoxy) is 1. The molecule has 2 fully saturated rings. The van der Waals surface area contributed by atoms with Crippen molar-refractivity contribution in [3.8, 4) is 0 Å². The van der Waals surface area contributed by atoms with Gasteiger partial charge in [0.15, 0.2) is 5.82 Å². The molecule has 0 saturated carbocycles. The van der Waals surface area contributed by atoms with Crippen molar-refractivity contribution in [1.82, 2.24) is 25.7 Å². The van der Waals surface area contributed by atoms with E-state index in [9.17, 15) is 0 Å². The molecule has 150 valence electrons. The first-order valence-electron chi connectivity index (χ1n) is 10.3. The van der Waals surface area contributed by atoms with Crippen molar-refractivity contribution >= 4 is 0 Å². The second kappa shape index (κ2) is 9.56. The minimum atomic E-state index is 0.467. The Morgan fingerprint density at radius 3 is 2.75 bits per heavy atom. The van der Waals surface area contributed by atoms with Crippen LogP contribution < -0.4 is 10.9 Å². The second-order valence-corrected chi connectivity index (χ2v) is 8.08. The minimum Gasteiger partial charge on any atom is -0.377 e. The average molecular weight is 382 g/mol. The first-order chi connectivity index (χ1) is 13.8. The molecule has 6 nitrogen and oxygen atoms in total. The largest absolute Gasteiger partial charge is 0.377 e. The molecule has 3 unspecified atom stereocenters. The van der Waals surface area contributed by atoms with Crippen molar-refractivity contribution in [2.24, 2.45) is 11.8 Å². The molecule has 2 N–H and O–H groups in total. The molecule has 4 rings (SSSR count). The highest BCUT2D eigenvalue weighted by molar-refractivity contribution is 5.16. The summed E-state index contributed by atoms with van der Waals surface area (Å²) in [5.74, 6) is 2.06. The van der Waals surface area contributed by atoms with Crippen molar-refractivity contribution < 1.29 is 4.74 Å². The van der Waals surface area contributed by atoms with Crippen molar-refractivity contribution in [3.05, 3.63) is 59.7 Å². The molecule has 0 bridgehead atoms. The molecule has 2 aromatic rings. The summed E-state index contributed by atoms with van der Waals surface area (Å²) in [5.41, 5.74) is 9.62. The van der Waals surface area contributed by atoms with Gasteiger partial charge in [-0.1, -0.05) is 30.3 Å². The number of nitrogens with one attached hydrogen (secondary N) is 2. The third kappa shape index (κ3) is 4.94. The molecular weight excluding hydrogens is 350 g/mol. The van der Waals surface area contributed by atoms with Crippen LogP contribution in [0.25, 0.3) is 0 Å². The summed E-state index contributed by atoms with van der Waals surface area (Å²) in [6, 6.07) is 11.4. The molecule has 0 amide bonds. The fourth-order valence-electron chi connectivity index (χ4n) is 4.62. The maximum atomic E-state index is 5.09. The Hall–Kier alpha value is -1.86. The van der Waals surface area contributed by atoms with Crippen LogP contribution in [0.15, 0.2) is 42.7 Å². The van der Waals surface area contributed by atoms with E-state index in [0.29, 0.717) is 24.5 Å². The fraction of sp³-hybridized carbons (Fsp3) is 0.545. The van der Waals surface area contributed by atoms with Crippen molar-refractivity contribution in [2.45, 2.75) is 38.5 Å². The smallest absolute Gasteiger partial charge is 0.153 e. The average Bonchev–Trinajstić information content (AvgIpc) is 3.19. The summed E-state index contributed by atoms with van der Waals surface area (Å²) >= 11 is 0. The molecule has 3 heterocycles. The lowest BCUT2D eigenvalue weighted by Crippen LogP contribution is -2.47. The predicted molar refractivity (Wildman–Crippen MR) is 109 cm³/mol. The Morgan fingerprint density at radius 1 is 1.14 bits per heavy atom. The van der Waals surface area contributed by atoms with Gasteiger partial charge >= 0.3 is 0 Å². The zero-order valence-electron chi connectivity index (χ0n) is 16.7. The zero-order valence-corrected chi connectivity index (χ0v) is 16.7. The zero-order chi connectivity index (χ0) is 19.2. The van der Waals surface area contributed by atoms with E-state index in [-0.39, 0.29) is 0 Å². The lowest BCUT2D eigenvalue weighted by molar-refractivity contribution is 0.131. The van der Waals surface area contributed by atoms with Crippen LogP contribution in [-0.4, -0.2) is 47.7 Å². The molecule has 1 aromatic heterocycles. The first-order valence-corrected chi connectivity index (χ1v) is 10.3. The van der Waals surface area contributed by atoms with Crippen LogP contribution in [0.1, 0.15) is 29.8 Å². The summed E-state index contributed by atoms with van der Waals surface area (Å²) in [4.78, 5) is 11.4. The van der Waals surface area contributed by atoms with Gasteiger partial charge in [-0.05, 0) is 43.2 Å². The number of hydrazine groups is 1. The second-order valence-electron chi connectivity index (χ2n) is 8.08. The number of hydrogen-bond donors (Lipinski definition) is 2. The number of methoxy groups -OCH3 is 1. The summed E-state index contributed by atoms with van der Waals surface area (Å²) in [6.07, 6.45) is 7.57. The highest BCUT2D eigenvalue weighted by Gasteiger charge is 2.35. The molecule has 0 radical (unpaired) electrons. The first kappa shape index (κ1) is 19.5. The van der Waals surface area contributed by atoms with Gasteiger partial charge in [0.05, 0.1) is 0 Å². The summed E-state index contributed by atoms with van der Waals surface area (Å²) in [5, 5.41) is 0. The van der Waals surface area contributed by atoms with E-state index in [2.05, 4.69) is 56.1 Å². The standard InChI is InChI=1S/C22H31N5O/c1-28-16-21-23-11-18(12-24-21)14-27-9-5-8-19(15-27)22-20(13-25-26-22)10-17-6-3-2-4-7-17/h2-4,6-7,11-12,19-20,22,25-26H,5,8-10,13-16H2,1H3. The van der Waals surface area contributed by atoms with E-state index < -0.39 is 0 Å². The van der Waals surface area contributed by atoms with Gasteiger partial charge in [0.2, 0.25) is 0 Å². The number of piperidine rings is 1. The monoisotopic (exact) mass is 381 g/mol. The minimum absolute atomic E-state index is 0.467. The SMILES string of the molecule is COCc1ncc(CN2CCCC(C3NNCC3Cc3ccccc3)C2)cn1. The number of rotatable bonds is 7. The number of benzene rings is 1. The van der Waals surface area contributed by atoms with E-state index in [0.717, 1.165) is 38.4 Å². The van der Waals surface area contributed by atoms with E-state index >= 15 is 0 Å². The molecule has 2 saturated heterocycles. The van der Waals surface area contributed by atoms with Gasteiger partial charge in [-0.2, -0.15) is 0 Å². The van der Waals surface area contributed by atoms with E-state index in [4.69, 9.17) is 4.74 Å². The number of aromatic nitrogens is 2. The summed E-state index contributed by atoms with van der Waals surface area (Å²) in [7, 11) is 1.67. The molecule has 0 aliphatic carbocycles. The lowest BCUT2D eigenvalue weighted by Gasteiger charge is -2.37. The Bertz CT molecular complexity index is 723. The molecular formula is C22H31N5O. The van der Waals surface area contributed by atoms with Gasteiger partial charge in [-0.25, -0.2) is 9.97 Å². The Labute approximate surface area is 167 Å². The van der Waals surface area contributed by atoms with Crippen LogP contribution in [0.5, 0.6) is 0 Å². The maximum Gasteiger partial charge on any atom is 0.153 e. The summed E-state index contributed by atoms with van der Waals surface area (Å²) < 4.78 is 5.09. The van der Waals surface area contributed by atoms with Gasteiger partial charge in [0, 0.05) is 50.7 Å². The van der Waals surface area contributed by atoms with Gasteiger partial charge in [0.1, 0.15) is 6.61 Å². The quantitative estimate of drug-likeness (QED) is 0.767. The van der Waals surface area contributed by atoms with E-state index in [1.807, 2.05) is 12.4 Å². The predicted octanol–water partition coefficient (Wildman–Crippen LogP) is 2.17. The molecule has 1 aromatic carbocycles. The van der Waals surface area contributed by atoms with Crippen LogP contribution >= 0.6 is 0 Å². The van der Waals surface area contributed by atoms with E-state index in [1.165, 1.54) is 24.0 Å². The number of nitrogens with zero attached hydrogens (tertiary/aromatic N) is 3. The van der Waals surface area contributed by atoms with Crippen LogP contribution in [0.3, 0.4) is 0 Å². The molecule has 2 aliphatic heterocycles. The number of hydrogen-bond acceptors (Lipinski definition) is 6. The maximum absolute atomic E-state index is 5.09. The Balaban J connectivity index is 1.35. The van der Waals surface area contributed by atoms with Crippen molar-refractivity contribution in [1.29, 1.82) is 0 Å². The summed E-state index contributed by atoms with van der Waals surface area (Å²) in [6.45, 7) is 4.72. The Morgan fingerprint density at radius 2 is 1.96 bits per heavy atom. The van der Waals surface area contributed by atoms with Gasteiger partial charge in [-0.15, -0.1) is 0 Å². The highest BCUT2D eigenvalue weighted by atomic mass is 16.5. The molecule has 0 spiro atoms. The van der Waals surface area contributed by atoms with Crippen molar-refractivity contribution in [2.75, 3.05) is 26.7 Å². The van der Waals surface area contributed by atoms with Crippen LogP contribution in [0, 0.1) is 11.8 Å². The molecule has 3 atom stereocenters. The topological polar surface area (TPSA) is 62.3 Å². The molecule has 2 aliphatic rings. The van der Waals surface area contributed by atoms with Gasteiger partial charge in [-0.3, -0.25) is 15.8 Å². The van der Waals surface area contributed by atoms with Crippen LogP contribution in [-0.2, 0) is 24.3 Å². The fourth-order valence-corrected chi connectivity index (χ4v) is 4.62. The van der Waals surface area contributed by atoms with Crippen LogP contribution in [0.4, 0.5) is 0 Å². The van der Waals surface area contributed by atoms with Crippen LogP contribution in [0.2, 0.25) is 0 Å². The molecule has 28 heavy (non-hydrogen) atoms. The third-order valence-corrected chi connectivity index (χ3v) is 5.97. The van der Waals surface area contributed by atoms with Gasteiger partial charge in [0.25, 0.3) is 0 Å². The number of likely N-dealkylation sites (tertiary alicyclic amines) is 1. The van der Waals surface area contributed by atoms with Gasteiger partial charge < -0.3 is 4.74 Å². The van der Waals surface area contributed by atoms with Crippen molar-refractivity contribution in [3.63, 3.8) is 0 Å². The lowest BCUT2D eigenvalue weighted by atomic mass is 9.81. The van der Waals surface area contributed by atoms with E-state index in [1.54, 1.807) is 7.11 Å². The highest BCUT2D eigenvalue weighted by Crippen LogP contribution is 2.28. The normalized spacial score (nSPS) is 25.8. The third-order valence-electron chi connectivity index (χ3n) is 5.97. The Kier molecular flexibility index (Phi) is 6.65.